The van der Waals surface area contributed by atoms with E-state index in [1.54, 1.807) is 0 Å². The average Bonchev–Trinajstić information content (AvgIpc) is 2.59. The third kappa shape index (κ3) is 2.09. The Bertz CT molecular complexity index is 364. The molecule has 0 aliphatic carbocycles. The molecule has 14 heavy (non-hydrogen) atoms. The van der Waals surface area contributed by atoms with Gasteiger partial charge in [-0.1, -0.05) is 5.92 Å². The van der Waals surface area contributed by atoms with Crippen LogP contribution in [0.2, 0.25) is 5.22 Å². The highest BCUT2D eigenvalue weighted by atomic mass is 35.5. The molecule has 0 spiro atoms. The zero-order valence-electron chi connectivity index (χ0n) is 7.79. The molecule has 0 atom stereocenters. The topological polar surface area (TPSA) is 33.5 Å². The number of amides is 1. The molecule has 0 N–H and O–H groups in total. The predicted molar refractivity (Wildman–Crippen MR) is 54.1 cm³/mol. The lowest BCUT2D eigenvalue weighted by Gasteiger charge is -2.16. The van der Waals surface area contributed by atoms with E-state index < -0.39 is 0 Å². The second-order valence-electron chi connectivity index (χ2n) is 2.63. The Morgan fingerprint density at radius 1 is 1.79 bits per heavy atom. The molecule has 1 aromatic rings. The van der Waals surface area contributed by atoms with Gasteiger partial charge in [0, 0.05) is 6.54 Å². The van der Waals surface area contributed by atoms with Gasteiger partial charge in [0.15, 0.2) is 0 Å². The van der Waals surface area contributed by atoms with E-state index in [2.05, 4.69) is 5.92 Å². The van der Waals surface area contributed by atoms with Crippen LogP contribution in [0.4, 0.5) is 0 Å². The lowest BCUT2D eigenvalue weighted by Crippen LogP contribution is -2.30. The molecule has 0 aromatic carbocycles. The van der Waals surface area contributed by atoms with Crippen molar-refractivity contribution in [2.75, 3.05) is 13.1 Å². The van der Waals surface area contributed by atoms with Crippen LogP contribution in [0, 0.1) is 12.3 Å². The summed E-state index contributed by atoms with van der Waals surface area (Å²) in [5.41, 5.74) is 0.351. The molecule has 0 unspecified atom stereocenters. The maximum absolute atomic E-state index is 11.7. The molecule has 1 amide bonds. The van der Waals surface area contributed by atoms with Gasteiger partial charge in [-0.05, 0) is 24.6 Å². The van der Waals surface area contributed by atoms with Crippen molar-refractivity contribution < 1.29 is 9.21 Å². The van der Waals surface area contributed by atoms with Crippen LogP contribution in [0.25, 0.3) is 0 Å². The number of hydrogen-bond donors (Lipinski definition) is 0. The highest BCUT2D eigenvalue weighted by molar-refractivity contribution is 6.32. The minimum absolute atomic E-state index is 0.102. The zero-order valence-corrected chi connectivity index (χ0v) is 8.54. The monoisotopic (exact) mass is 211 g/mol. The summed E-state index contributed by atoms with van der Waals surface area (Å²) in [6, 6.07) is 1.53. The Balaban J connectivity index is 2.84. The maximum Gasteiger partial charge on any atom is 0.259 e. The summed E-state index contributed by atoms with van der Waals surface area (Å²) in [5, 5.41) is 0.102. The summed E-state index contributed by atoms with van der Waals surface area (Å²) in [4.78, 5) is 13.2. The fourth-order valence-corrected chi connectivity index (χ4v) is 1.25. The number of hydrogen-bond acceptors (Lipinski definition) is 2. The van der Waals surface area contributed by atoms with Crippen molar-refractivity contribution in [1.82, 2.24) is 4.90 Å². The van der Waals surface area contributed by atoms with Gasteiger partial charge in [-0.3, -0.25) is 4.79 Å². The molecule has 0 aliphatic heterocycles. The summed E-state index contributed by atoms with van der Waals surface area (Å²) >= 11 is 5.67. The zero-order chi connectivity index (χ0) is 10.6. The number of nitrogens with zero attached hydrogens (tertiary/aromatic N) is 1. The molecule has 1 heterocycles. The fraction of sp³-hybridized carbons (Fsp3) is 0.300. The minimum Gasteiger partial charge on any atom is -0.452 e. The smallest absolute Gasteiger partial charge is 0.259 e. The largest absolute Gasteiger partial charge is 0.452 e. The molecule has 3 nitrogen and oxygen atoms in total. The van der Waals surface area contributed by atoms with Crippen LogP contribution in [0.15, 0.2) is 16.7 Å². The summed E-state index contributed by atoms with van der Waals surface area (Å²) < 4.78 is 4.82. The summed E-state index contributed by atoms with van der Waals surface area (Å²) in [5.74, 6) is 2.21. The Labute approximate surface area is 87.6 Å². The summed E-state index contributed by atoms with van der Waals surface area (Å²) in [6.07, 6.45) is 6.51. The molecule has 4 heteroatoms. The number of carbonyl (C=O) groups is 1. The van der Waals surface area contributed by atoms with Crippen molar-refractivity contribution in [3.63, 3.8) is 0 Å². The highest BCUT2D eigenvalue weighted by Gasteiger charge is 2.17. The standard InChI is InChI=1S/C10H10ClNO2/c1-3-6-12(4-2)10(13)8-5-7-14-9(8)11/h1,5,7H,4,6H2,2H3. The number of halogens is 1. The van der Waals surface area contributed by atoms with Crippen LogP contribution in [-0.4, -0.2) is 23.9 Å². The first-order valence-electron chi connectivity index (χ1n) is 4.16. The van der Waals surface area contributed by atoms with Crippen LogP contribution in [0.3, 0.4) is 0 Å². The number of terminal acetylenes is 1. The van der Waals surface area contributed by atoms with Crippen molar-refractivity contribution in [3.8, 4) is 12.3 Å². The van der Waals surface area contributed by atoms with Crippen molar-refractivity contribution in [3.05, 3.63) is 23.1 Å². The second kappa shape index (κ2) is 4.73. The van der Waals surface area contributed by atoms with E-state index in [1.807, 2.05) is 6.92 Å². The van der Waals surface area contributed by atoms with Gasteiger partial charge in [-0.2, -0.15) is 0 Å². The van der Waals surface area contributed by atoms with Crippen molar-refractivity contribution in [2.24, 2.45) is 0 Å². The number of furan rings is 1. The van der Waals surface area contributed by atoms with Crippen molar-refractivity contribution in [2.45, 2.75) is 6.92 Å². The minimum atomic E-state index is -0.204. The van der Waals surface area contributed by atoms with E-state index in [4.69, 9.17) is 22.4 Å². The highest BCUT2D eigenvalue weighted by Crippen LogP contribution is 2.18. The molecular weight excluding hydrogens is 202 g/mol. The molecule has 0 saturated heterocycles. The summed E-state index contributed by atoms with van der Waals surface area (Å²) in [7, 11) is 0. The van der Waals surface area contributed by atoms with Gasteiger partial charge in [0.05, 0.1) is 18.4 Å². The van der Waals surface area contributed by atoms with Gasteiger partial charge in [0.25, 0.3) is 5.91 Å². The Hall–Kier alpha value is -1.40. The van der Waals surface area contributed by atoms with Crippen LogP contribution >= 0.6 is 11.6 Å². The van der Waals surface area contributed by atoms with Gasteiger partial charge in [-0.25, -0.2) is 0 Å². The summed E-state index contributed by atoms with van der Waals surface area (Å²) in [6.45, 7) is 2.67. The number of rotatable bonds is 3. The number of carbonyl (C=O) groups excluding carboxylic acids is 1. The van der Waals surface area contributed by atoms with E-state index in [0.717, 1.165) is 0 Å². The lowest BCUT2D eigenvalue weighted by molar-refractivity contribution is 0.0784. The van der Waals surface area contributed by atoms with E-state index in [-0.39, 0.29) is 17.7 Å². The Morgan fingerprint density at radius 2 is 2.50 bits per heavy atom. The molecule has 1 aromatic heterocycles. The van der Waals surface area contributed by atoms with Gasteiger partial charge in [-0.15, -0.1) is 6.42 Å². The first kappa shape index (κ1) is 10.7. The molecule has 74 valence electrons. The third-order valence-electron chi connectivity index (χ3n) is 1.80. The van der Waals surface area contributed by atoms with Crippen molar-refractivity contribution >= 4 is 17.5 Å². The van der Waals surface area contributed by atoms with Crippen LogP contribution in [-0.2, 0) is 0 Å². The van der Waals surface area contributed by atoms with Crippen LogP contribution < -0.4 is 0 Å². The van der Waals surface area contributed by atoms with E-state index in [9.17, 15) is 4.79 Å². The SMILES string of the molecule is C#CCN(CC)C(=O)c1ccoc1Cl. The lowest BCUT2D eigenvalue weighted by atomic mass is 10.3. The van der Waals surface area contributed by atoms with Gasteiger partial charge < -0.3 is 9.32 Å². The molecule has 0 fully saturated rings. The molecule has 0 aliphatic rings. The predicted octanol–water partition coefficient (Wildman–Crippen LogP) is 2.03. The maximum atomic E-state index is 11.7. The molecule has 0 saturated carbocycles. The molecular formula is C10H10ClNO2. The van der Waals surface area contributed by atoms with Gasteiger partial charge in [0.2, 0.25) is 5.22 Å². The van der Waals surface area contributed by atoms with E-state index in [0.29, 0.717) is 12.1 Å². The van der Waals surface area contributed by atoms with E-state index >= 15 is 0 Å². The third-order valence-corrected chi connectivity index (χ3v) is 2.09. The molecule has 1 rings (SSSR count). The van der Waals surface area contributed by atoms with Crippen LogP contribution in [0.5, 0.6) is 0 Å². The second-order valence-corrected chi connectivity index (χ2v) is 2.97. The normalized spacial score (nSPS) is 9.50. The molecule has 0 radical (unpaired) electrons. The first-order valence-corrected chi connectivity index (χ1v) is 4.54. The van der Waals surface area contributed by atoms with Crippen molar-refractivity contribution in [1.29, 1.82) is 0 Å². The van der Waals surface area contributed by atoms with Crippen LogP contribution in [0.1, 0.15) is 17.3 Å². The first-order chi connectivity index (χ1) is 6.70. The quantitative estimate of drug-likeness (QED) is 0.717. The Morgan fingerprint density at radius 3 is 2.93 bits per heavy atom. The van der Waals surface area contributed by atoms with Gasteiger partial charge in [0.1, 0.15) is 0 Å². The molecule has 0 bridgehead atoms. The Kier molecular flexibility index (Phi) is 3.61. The fourth-order valence-electron chi connectivity index (χ4n) is 1.05. The van der Waals surface area contributed by atoms with E-state index in [1.165, 1.54) is 17.2 Å². The average molecular weight is 212 g/mol. The van der Waals surface area contributed by atoms with Gasteiger partial charge >= 0.3 is 0 Å².